The first-order valence-electron chi connectivity index (χ1n) is 8.39. The molecule has 3 rings (SSSR count). The summed E-state index contributed by atoms with van der Waals surface area (Å²) in [7, 11) is -3.83. The topological polar surface area (TPSA) is 101 Å². The second-order valence-electron chi connectivity index (χ2n) is 5.85. The van der Waals surface area contributed by atoms with Gasteiger partial charge in [0.25, 0.3) is 15.9 Å². The SMILES string of the molecule is CCCc1nnc(NC(=O)c2cccc(S(=O)(=O)Nc3ccc(Br)cc3)c2)s1. The number of nitrogens with one attached hydrogen (secondary N) is 2. The van der Waals surface area contributed by atoms with Crippen LogP contribution in [0.4, 0.5) is 10.8 Å². The third-order valence-electron chi connectivity index (χ3n) is 3.65. The highest BCUT2D eigenvalue weighted by molar-refractivity contribution is 9.10. The van der Waals surface area contributed by atoms with Crippen molar-refractivity contribution in [1.29, 1.82) is 0 Å². The quantitative estimate of drug-likeness (QED) is 0.524. The van der Waals surface area contributed by atoms with E-state index in [1.807, 2.05) is 6.92 Å². The molecule has 1 amide bonds. The fourth-order valence-electron chi connectivity index (χ4n) is 2.32. The molecule has 0 spiro atoms. The number of sulfonamides is 1. The van der Waals surface area contributed by atoms with Crippen LogP contribution >= 0.6 is 27.3 Å². The lowest BCUT2D eigenvalue weighted by Crippen LogP contribution is -2.16. The van der Waals surface area contributed by atoms with Crippen molar-refractivity contribution >= 4 is 54.0 Å². The van der Waals surface area contributed by atoms with Crippen LogP contribution in [-0.4, -0.2) is 24.5 Å². The van der Waals surface area contributed by atoms with Gasteiger partial charge in [-0.3, -0.25) is 14.8 Å². The molecule has 7 nitrogen and oxygen atoms in total. The second-order valence-corrected chi connectivity index (χ2v) is 9.51. The number of carbonyl (C=O) groups excluding carboxylic acids is 1. The maximum absolute atomic E-state index is 12.6. The van der Waals surface area contributed by atoms with E-state index in [0.29, 0.717) is 10.8 Å². The molecule has 0 fully saturated rings. The molecule has 0 saturated carbocycles. The maximum atomic E-state index is 12.6. The minimum Gasteiger partial charge on any atom is -0.296 e. The van der Waals surface area contributed by atoms with Gasteiger partial charge in [-0.05, 0) is 48.9 Å². The third kappa shape index (κ3) is 5.15. The zero-order valence-corrected chi connectivity index (χ0v) is 18.1. The van der Waals surface area contributed by atoms with Gasteiger partial charge in [-0.2, -0.15) is 0 Å². The van der Waals surface area contributed by atoms with Crippen molar-refractivity contribution in [3.8, 4) is 0 Å². The number of hydrogen-bond donors (Lipinski definition) is 2. The summed E-state index contributed by atoms with van der Waals surface area (Å²) in [5.41, 5.74) is 0.640. The zero-order valence-electron chi connectivity index (χ0n) is 14.8. The van der Waals surface area contributed by atoms with Crippen LogP contribution in [0, 0.1) is 0 Å². The average Bonchev–Trinajstić information content (AvgIpc) is 3.11. The van der Waals surface area contributed by atoms with Crippen molar-refractivity contribution in [3.63, 3.8) is 0 Å². The van der Waals surface area contributed by atoms with Gasteiger partial charge in [0.1, 0.15) is 5.01 Å². The molecule has 0 atom stereocenters. The first kappa shape index (κ1) is 20.4. The van der Waals surface area contributed by atoms with Crippen molar-refractivity contribution in [3.05, 3.63) is 63.6 Å². The van der Waals surface area contributed by atoms with Gasteiger partial charge in [0, 0.05) is 22.1 Å². The van der Waals surface area contributed by atoms with Gasteiger partial charge in [-0.1, -0.05) is 40.3 Å². The molecule has 0 aliphatic rings. The van der Waals surface area contributed by atoms with Crippen molar-refractivity contribution in [2.45, 2.75) is 24.7 Å². The number of nitrogens with zero attached hydrogens (tertiary/aromatic N) is 2. The first-order valence-corrected chi connectivity index (χ1v) is 11.5. The summed E-state index contributed by atoms with van der Waals surface area (Å²) in [5.74, 6) is -0.445. The Morgan fingerprint density at radius 1 is 1.14 bits per heavy atom. The molecule has 146 valence electrons. The predicted octanol–water partition coefficient (Wildman–Crippen LogP) is 4.31. The number of halogens is 1. The molecule has 3 aromatic rings. The zero-order chi connectivity index (χ0) is 20.1. The molecule has 0 aliphatic heterocycles. The molecule has 28 heavy (non-hydrogen) atoms. The van der Waals surface area contributed by atoms with E-state index in [1.165, 1.54) is 29.5 Å². The Hall–Kier alpha value is -2.30. The molecular weight excluding hydrogens is 464 g/mol. The molecule has 0 radical (unpaired) electrons. The van der Waals surface area contributed by atoms with Gasteiger partial charge in [0.2, 0.25) is 5.13 Å². The highest BCUT2D eigenvalue weighted by atomic mass is 79.9. The molecule has 0 bridgehead atoms. The summed E-state index contributed by atoms with van der Waals surface area (Å²) >= 11 is 4.61. The molecule has 1 aromatic heterocycles. The van der Waals surface area contributed by atoms with E-state index in [0.717, 1.165) is 22.3 Å². The summed E-state index contributed by atoms with van der Waals surface area (Å²) in [6.45, 7) is 2.04. The van der Waals surface area contributed by atoms with Gasteiger partial charge in [0.05, 0.1) is 4.90 Å². The molecule has 0 saturated heterocycles. The van der Waals surface area contributed by atoms with E-state index in [9.17, 15) is 13.2 Å². The van der Waals surface area contributed by atoms with E-state index in [-0.39, 0.29) is 10.5 Å². The fraction of sp³-hybridized carbons (Fsp3) is 0.167. The van der Waals surface area contributed by atoms with E-state index < -0.39 is 15.9 Å². The Balaban J connectivity index is 1.76. The molecule has 0 aliphatic carbocycles. The second kappa shape index (κ2) is 8.80. The van der Waals surface area contributed by atoms with Gasteiger partial charge in [-0.15, -0.1) is 10.2 Å². The van der Waals surface area contributed by atoms with Crippen LogP contribution in [0.1, 0.15) is 28.7 Å². The van der Waals surface area contributed by atoms with Gasteiger partial charge >= 0.3 is 0 Å². The largest absolute Gasteiger partial charge is 0.296 e. The lowest BCUT2D eigenvalue weighted by molar-refractivity contribution is 0.102. The first-order chi connectivity index (χ1) is 13.4. The monoisotopic (exact) mass is 480 g/mol. The third-order valence-corrected chi connectivity index (χ3v) is 6.46. The van der Waals surface area contributed by atoms with E-state index in [2.05, 4.69) is 36.2 Å². The Bertz CT molecular complexity index is 1080. The smallest absolute Gasteiger partial charge is 0.261 e. The molecule has 2 aromatic carbocycles. The van der Waals surface area contributed by atoms with Crippen LogP contribution in [0.15, 0.2) is 57.9 Å². The van der Waals surface area contributed by atoms with Crippen molar-refractivity contribution in [2.75, 3.05) is 10.0 Å². The number of carbonyl (C=O) groups is 1. The average molecular weight is 481 g/mol. The van der Waals surface area contributed by atoms with E-state index >= 15 is 0 Å². The van der Waals surface area contributed by atoms with Crippen LogP contribution in [0.3, 0.4) is 0 Å². The van der Waals surface area contributed by atoms with Crippen molar-refractivity contribution in [2.24, 2.45) is 0 Å². The number of amides is 1. The molecule has 10 heteroatoms. The van der Waals surface area contributed by atoms with E-state index in [4.69, 9.17) is 0 Å². The number of aromatic nitrogens is 2. The Kier molecular flexibility index (Phi) is 6.42. The lowest BCUT2D eigenvalue weighted by Gasteiger charge is -2.09. The minimum absolute atomic E-state index is 0.00740. The summed E-state index contributed by atoms with van der Waals surface area (Å²) in [4.78, 5) is 12.5. The number of anilines is 2. The van der Waals surface area contributed by atoms with Crippen LogP contribution in [0.2, 0.25) is 0 Å². The Morgan fingerprint density at radius 2 is 1.89 bits per heavy atom. The maximum Gasteiger partial charge on any atom is 0.261 e. The molecular formula is C18H17BrN4O3S2. The number of hydrogen-bond acceptors (Lipinski definition) is 6. The predicted molar refractivity (Wildman–Crippen MR) is 113 cm³/mol. The fourth-order valence-corrected chi connectivity index (χ4v) is 4.53. The molecule has 0 unspecified atom stereocenters. The van der Waals surface area contributed by atoms with Crippen LogP contribution in [-0.2, 0) is 16.4 Å². The Labute approximate surface area is 175 Å². The summed E-state index contributed by atoms with van der Waals surface area (Å²) in [6.07, 6.45) is 1.73. The van der Waals surface area contributed by atoms with Crippen LogP contribution < -0.4 is 10.0 Å². The standard InChI is InChI=1S/C18H17BrN4O3S2/c1-2-4-16-21-22-18(27-16)20-17(24)12-5-3-6-15(11-12)28(25,26)23-14-9-7-13(19)8-10-14/h3,5-11,23H,2,4H2,1H3,(H,20,22,24). The Morgan fingerprint density at radius 3 is 2.61 bits per heavy atom. The van der Waals surface area contributed by atoms with Crippen LogP contribution in [0.25, 0.3) is 0 Å². The van der Waals surface area contributed by atoms with E-state index in [1.54, 1.807) is 30.3 Å². The minimum atomic E-state index is -3.83. The van der Waals surface area contributed by atoms with Gasteiger partial charge in [-0.25, -0.2) is 8.42 Å². The normalized spacial score (nSPS) is 11.2. The number of rotatable bonds is 7. The summed E-state index contributed by atoms with van der Waals surface area (Å²) in [6, 6.07) is 12.6. The highest BCUT2D eigenvalue weighted by Crippen LogP contribution is 2.21. The molecule has 1 heterocycles. The van der Waals surface area contributed by atoms with Gasteiger partial charge < -0.3 is 0 Å². The number of aryl methyl sites for hydroxylation is 1. The molecule has 2 N–H and O–H groups in total. The highest BCUT2D eigenvalue weighted by Gasteiger charge is 2.17. The van der Waals surface area contributed by atoms with Crippen molar-refractivity contribution in [1.82, 2.24) is 10.2 Å². The lowest BCUT2D eigenvalue weighted by atomic mass is 10.2. The summed E-state index contributed by atoms with van der Waals surface area (Å²) in [5, 5.41) is 11.8. The summed E-state index contributed by atoms with van der Waals surface area (Å²) < 4.78 is 28.6. The number of benzene rings is 2. The van der Waals surface area contributed by atoms with Crippen LogP contribution in [0.5, 0.6) is 0 Å². The van der Waals surface area contributed by atoms with Crippen molar-refractivity contribution < 1.29 is 13.2 Å². The van der Waals surface area contributed by atoms with Gasteiger partial charge in [0.15, 0.2) is 0 Å².